The van der Waals surface area contributed by atoms with Crippen molar-refractivity contribution in [2.24, 2.45) is 5.73 Å². The monoisotopic (exact) mass is 433 g/mol. The maximum absolute atomic E-state index is 13.5. The van der Waals surface area contributed by atoms with Gasteiger partial charge in [0.1, 0.15) is 11.6 Å². The predicted molar refractivity (Wildman–Crippen MR) is 115 cm³/mol. The van der Waals surface area contributed by atoms with E-state index in [1.165, 1.54) is 18.5 Å². The van der Waals surface area contributed by atoms with Crippen molar-refractivity contribution in [2.45, 2.75) is 26.6 Å². The van der Waals surface area contributed by atoms with E-state index in [1.54, 1.807) is 30.1 Å². The van der Waals surface area contributed by atoms with Crippen LogP contribution in [0.15, 0.2) is 48.8 Å². The number of anilines is 1. The van der Waals surface area contributed by atoms with Crippen LogP contribution >= 0.6 is 0 Å². The second-order valence-corrected chi connectivity index (χ2v) is 6.37. The fraction of sp³-hybridized carbons (Fsp3) is 0.227. The number of nitrogens with one attached hydrogen (secondary N) is 1. The first-order valence-electron chi connectivity index (χ1n) is 9.49. The van der Waals surface area contributed by atoms with Crippen molar-refractivity contribution in [2.75, 3.05) is 11.9 Å². The van der Waals surface area contributed by atoms with Crippen molar-refractivity contribution in [3.63, 3.8) is 0 Å². The zero-order valence-electron chi connectivity index (χ0n) is 17.3. The van der Waals surface area contributed by atoms with Gasteiger partial charge in [0, 0.05) is 31.6 Å². The second kappa shape index (κ2) is 10.0. The van der Waals surface area contributed by atoms with Crippen LogP contribution in [-0.2, 0) is 12.7 Å². The molecule has 1 aromatic heterocycles. The minimum Gasteiger partial charge on any atom is -0.404 e. The number of rotatable bonds is 5. The first kappa shape index (κ1) is 23.8. The van der Waals surface area contributed by atoms with Gasteiger partial charge in [-0.05, 0) is 35.4 Å². The van der Waals surface area contributed by atoms with Crippen LogP contribution in [0.3, 0.4) is 0 Å². The average molecular weight is 433 g/mol. The molecule has 3 N–H and O–H groups in total. The molecule has 164 valence electrons. The molecule has 0 saturated heterocycles. The number of nitrogens with zero attached hydrogens (tertiary/aromatic N) is 3. The molecule has 0 unspecified atom stereocenters. The van der Waals surface area contributed by atoms with E-state index in [0.29, 0.717) is 28.0 Å². The van der Waals surface area contributed by atoms with Crippen molar-refractivity contribution in [3.8, 4) is 0 Å². The summed E-state index contributed by atoms with van der Waals surface area (Å²) in [6.45, 7) is 4.09. The predicted octanol–water partition coefficient (Wildman–Crippen LogP) is 5.40. The van der Waals surface area contributed by atoms with Gasteiger partial charge in [-0.25, -0.2) is 9.37 Å². The molecule has 0 fully saturated rings. The molecule has 5 nitrogen and oxygen atoms in total. The van der Waals surface area contributed by atoms with Gasteiger partial charge in [0.2, 0.25) is 0 Å². The maximum atomic E-state index is 13.5. The van der Waals surface area contributed by atoms with E-state index < -0.39 is 17.6 Å². The lowest BCUT2D eigenvalue weighted by Gasteiger charge is -2.19. The molecule has 0 amide bonds. The third kappa shape index (κ3) is 5.56. The first-order valence-corrected chi connectivity index (χ1v) is 9.49. The van der Waals surface area contributed by atoms with Crippen LogP contribution in [0.2, 0.25) is 0 Å². The number of alkyl halides is 3. The Kier molecular flexibility index (Phi) is 7.68. The standard InChI is InChI=1S/C20H17F4N5.C2H6/c1-29(11-12-2-4-16(21)15(6-12)20(22,23)24)19-10-27-18-7-13(14(8-25)9-26)3-5-17(18)28-19;1-2/h2-10,25H,11,26H2,1H3;1-2H3/b14-9+,25-8?;. The second-order valence-electron chi connectivity index (χ2n) is 6.37. The van der Waals surface area contributed by atoms with Crippen molar-refractivity contribution >= 4 is 28.6 Å². The smallest absolute Gasteiger partial charge is 0.404 e. The lowest BCUT2D eigenvalue weighted by atomic mass is 10.1. The summed E-state index contributed by atoms with van der Waals surface area (Å²) in [7, 11) is 1.66. The summed E-state index contributed by atoms with van der Waals surface area (Å²) in [4.78, 5) is 10.4. The fourth-order valence-electron chi connectivity index (χ4n) is 2.83. The molecule has 1 heterocycles. The number of benzene rings is 2. The van der Waals surface area contributed by atoms with Gasteiger partial charge in [0.15, 0.2) is 0 Å². The third-order valence-electron chi connectivity index (χ3n) is 4.34. The van der Waals surface area contributed by atoms with Crippen LogP contribution in [-0.4, -0.2) is 23.2 Å². The summed E-state index contributed by atoms with van der Waals surface area (Å²) in [5, 5.41) is 7.36. The van der Waals surface area contributed by atoms with E-state index in [4.69, 9.17) is 11.1 Å². The first-order chi connectivity index (χ1) is 14.7. The van der Waals surface area contributed by atoms with Gasteiger partial charge < -0.3 is 16.0 Å². The van der Waals surface area contributed by atoms with Crippen LogP contribution in [0.25, 0.3) is 16.6 Å². The number of fused-ring (bicyclic) bond motifs is 1. The molecule has 0 atom stereocenters. The van der Waals surface area contributed by atoms with E-state index in [2.05, 4.69) is 9.97 Å². The van der Waals surface area contributed by atoms with E-state index in [9.17, 15) is 17.6 Å². The number of aromatic nitrogens is 2. The number of allylic oxidation sites excluding steroid dienone is 1. The Labute approximate surface area is 177 Å². The van der Waals surface area contributed by atoms with Gasteiger partial charge in [0.05, 0.1) is 22.8 Å². The fourth-order valence-corrected chi connectivity index (χ4v) is 2.83. The highest BCUT2D eigenvalue weighted by atomic mass is 19.4. The highest BCUT2D eigenvalue weighted by Crippen LogP contribution is 2.32. The van der Waals surface area contributed by atoms with Crippen molar-refractivity contribution < 1.29 is 17.6 Å². The molecule has 9 heteroatoms. The zero-order valence-corrected chi connectivity index (χ0v) is 17.3. The molecule has 0 saturated carbocycles. The molecule has 0 aliphatic rings. The molecular weight excluding hydrogens is 410 g/mol. The molecule has 0 spiro atoms. The van der Waals surface area contributed by atoms with Crippen LogP contribution in [0.5, 0.6) is 0 Å². The number of hydrogen-bond acceptors (Lipinski definition) is 5. The molecule has 0 aliphatic carbocycles. The largest absolute Gasteiger partial charge is 0.419 e. The Morgan fingerprint density at radius 1 is 1.13 bits per heavy atom. The summed E-state index contributed by atoms with van der Waals surface area (Å²) in [5.74, 6) is -0.856. The molecule has 0 aliphatic heterocycles. The summed E-state index contributed by atoms with van der Waals surface area (Å²) >= 11 is 0. The number of nitrogens with two attached hydrogens (primary N) is 1. The summed E-state index contributed by atoms with van der Waals surface area (Å²) in [6, 6.07) is 8.13. The van der Waals surface area contributed by atoms with Crippen molar-refractivity contribution in [1.29, 1.82) is 5.41 Å². The minimum absolute atomic E-state index is 0.0928. The highest BCUT2D eigenvalue weighted by Gasteiger charge is 2.34. The highest BCUT2D eigenvalue weighted by molar-refractivity contribution is 6.08. The van der Waals surface area contributed by atoms with Gasteiger partial charge in [0.25, 0.3) is 0 Å². The molecule has 0 bridgehead atoms. The summed E-state index contributed by atoms with van der Waals surface area (Å²) in [5.41, 5.74) is 6.91. The molecule has 31 heavy (non-hydrogen) atoms. The Bertz CT molecular complexity index is 1090. The SMILES string of the molecule is CC.CN(Cc1ccc(F)c(C(F)(F)F)c1)c1cnc2cc(/C(C=N)=C/N)ccc2n1. The van der Waals surface area contributed by atoms with Gasteiger partial charge in [-0.3, -0.25) is 4.98 Å². The van der Waals surface area contributed by atoms with Crippen LogP contribution in [0.1, 0.15) is 30.5 Å². The van der Waals surface area contributed by atoms with E-state index in [-0.39, 0.29) is 6.54 Å². The summed E-state index contributed by atoms with van der Waals surface area (Å²) < 4.78 is 52.2. The topological polar surface area (TPSA) is 78.9 Å². The van der Waals surface area contributed by atoms with Gasteiger partial charge in [-0.15, -0.1) is 0 Å². The lowest BCUT2D eigenvalue weighted by molar-refractivity contribution is -0.140. The Balaban J connectivity index is 0.00000166. The lowest BCUT2D eigenvalue weighted by Crippen LogP contribution is -2.19. The zero-order chi connectivity index (χ0) is 23.2. The molecule has 2 aromatic carbocycles. The van der Waals surface area contributed by atoms with Crippen molar-refractivity contribution in [3.05, 3.63) is 71.3 Å². The normalized spacial score (nSPS) is 11.6. The number of hydrogen-bond donors (Lipinski definition) is 2. The van der Waals surface area contributed by atoms with Crippen molar-refractivity contribution in [1.82, 2.24) is 9.97 Å². The Morgan fingerprint density at radius 3 is 2.45 bits per heavy atom. The van der Waals surface area contributed by atoms with E-state index >= 15 is 0 Å². The molecule has 0 radical (unpaired) electrons. The third-order valence-corrected chi connectivity index (χ3v) is 4.34. The maximum Gasteiger partial charge on any atom is 0.419 e. The van der Waals surface area contributed by atoms with Gasteiger partial charge >= 0.3 is 6.18 Å². The quantitative estimate of drug-likeness (QED) is 0.417. The van der Waals surface area contributed by atoms with E-state index in [0.717, 1.165) is 23.9 Å². The van der Waals surface area contributed by atoms with Crippen LogP contribution in [0, 0.1) is 11.2 Å². The Hall–Kier alpha value is -3.49. The van der Waals surface area contributed by atoms with Crippen LogP contribution < -0.4 is 10.6 Å². The average Bonchev–Trinajstić information content (AvgIpc) is 2.76. The van der Waals surface area contributed by atoms with E-state index in [1.807, 2.05) is 13.8 Å². The van der Waals surface area contributed by atoms with Gasteiger partial charge in [-0.2, -0.15) is 13.2 Å². The minimum atomic E-state index is -4.76. The molecule has 3 aromatic rings. The molecular formula is C22H23F4N5. The number of halogens is 4. The van der Waals surface area contributed by atoms with Crippen LogP contribution in [0.4, 0.5) is 23.4 Å². The summed E-state index contributed by atoms with van der Waals surface area (Å²) in [6.07, 6.45) is -0.806. The Morgan fingerprint density at radius 2 is 1.84 bits per heavy atom. The van der Waals surface area contributed by atoms with Gasteiger partial charge in [-0.1, -0.05) is 26.0 Å². The molecule has 3 rings (SSSR count).